The van der Waals surface area contributed by atoms with Gasteiger partial charge in [-0.3, -0.25) is 0 Å². The van der Waals surface area contributed by atoms with Crippen LogP contribution in [-0.2, 0) is 6.54 Å². The molecule has 0 aliphatic rings. The van der Waals surface area contributed by atoms with Crippen LogP contribution in [0.4, 0.5) is 0 Å². The summed E-state index contributed by atoms with van der Waals surface area (Å²) >= 11 is 0. The first-order valence-electron chi connectivity index (χ1n) is 6.94. The molecule has 18 heavy (non-hydrogen) atoms. The molecule has 1 rings (SSSR count). The van der Waals surface area contributed by atoms with Crippen molar-refractivity contribution >= 4 is 0 Å². The highest BCUT2D eigenvalue weighted by atomic mass is 16.5. The topological polar surface area (TPSA) is 34.2 Å². The van der Waals surface area contributed by atoms with E-state index in [-0.39, 0.29) is 6.10 Å². The number of hydrogen-bond donors (Lipinski definition) is 1. The van der Waals surface area contributed by atoms with Gasteiger partial charge in [0.25, 0.3) is 0 Å². The molecule has 3 heteroatoms. The Bertz CT molecular complexity index is 339. The fraction of sp³-hybridized carbons (Fsp3) is 0.667. The van der Waals surface area contributed by atoms with Gasteiger partial charge in [0.1, 0.15) is 0 Å². The van der Waals surface area contributed by atoms with Gasteiger partial charge in [0.05, 0.1) is 6.10 Å². The molecular formula is C15H26N2O. The molecule has 1 heterocycles. The Kier molecular flexibility index (Phi) is 6.73. The van der Waals surface area contributed by atoms with Gasteiger partial charge in [-0.1, -0.05) is 20.8 Å². The van der Waals surface area contributed by atoms with Gasteiger partial charge in [-0.25, -0.2) is 4.98 Å². The van der Waals surface area contributed by atoms with Gasteiger partial charge in [-0.05, 0) is 43.9 Å². The van der Waals surface area contributed by atoms with E-state index in [4.69, 9.17) is 4.74 Å². The number of pyridine rings is 1. The van der Waals surface area contributed by atoms with E-state index < -0.39 is 0 Å². The predicted molar refractivity (Wildman–Crippen MR) is 75.8 cm³/mol. The van der Waals surface area contributed by atoms with Crippen LogP contribution in [0.5, 0.6) is 5.88 Å². The molecule has 0 saturated heterocycles. The minimum atomic E-state index is 0.219. The van der Waals surface area contributed by atoms with Gasteiger partial charge in [0.15, 0.2) is 0 Å². The smallest absolute Gasteiger partial charge is 0.213 e. The maximum Gasteiger partial charge on any atom is 0.213 e. The van der Waals surface area contributed by atoms with Gasteiger partial charge in [0, 0.05) is 18.8 Å². The second-order valence-corrected chi connectivity index (χ2v) is 5.24. The predicted octanol–water partition coefficient (Wildman–Crippen LogP) is 3.39. The van der Waals surface area contributed by atoms with E-state index in [9.17, 15) is 0 Å². The Morgan fingerprint density at radius 3 is 2.78 bits per heavy atom. The number of hydrogen-bond acceptors (Lipinski definition) is 3. The van der Waals surface area contributed by atoms with Crippen LogP contribution in [0.3, 0.4) is 0 Å². The molecule has 0 fully saturated rings. The van der Waals surface area contributed by atoms with Gasteiger partial charge in [-0.15, -0.1) is 0 Å². The summed E-state index contributed by atoms with van der Waals surface area (Å²) < 4.78 is 5.83. The molecule has 1 atom stereocenters. The third-order valence-corrected chi connectivity index (χ3v) is 2.68. The first-order valence-corrected chi connectivity index (χ1v) is 6.94. The Morgan fingerprint density at radius 1 is 1.33 bits per heavy atom. The molecule has 1 unspecified atom stereocenters. The van der Waals surface area contributed by atoms with Crippen molar-refractivity contribution < 1.29 is 4.74 Å². The average molecular weight is 250 g/mol. The summed E-state index contributed by atoms with van der Waals surface area (Å²) in [5.74, 6) is 1.38. The van der Waals surface area contributed by atoms with Crippen LogP contribution in [0.25, 0.3) is 0 Å². The molecule has 102 valence electrons. The van der Waals surface area contributed by atoms with Gasteiger partial charge < -0.3 is 10.1 Å². The van der Waals surface area contributed by atoms with E-state index in [0.717, 1.165) is 31.8 Å². The summed E-state index contributed by atoms with van der Waals surface area (Å²) in [5.41, 5.74) is 1.23. The number of ether oxygens (including phenoxy) is 1. The van der Waals surface area contributed by atoms with E-state index in [1.807, 2.05) is 18.3 Å². The Balaban J connectivity index is 2.48. The van der Waals surface area contributed by atoms with E-state index in [1.54, 1.807) is 0 Å². The number of rotatable bonds is 8. The summed E-state index contributed by atoms with van der Waals surface area (Å²) in [5, 5.41) is 3.38. The SMILES string of the molecule is CCCNCc1ccnc(OC(C)CC(C)C)c1. The maximum atomic E-state index is 5.83. The van der Waals surface area contributed by atoms with Gasteiger partial charge in [-0.2, -0.15) is 0 Å². The van der Waals surface area contributed by atoms with Crippen LogP contribution in [0.2, 0.25) is 0 Å². The lowest BCUT2D eigenvalue weighted by atomic mass is 10.1. The molecule has 0 spiro atoms. The lowest BCUT2D eigenvalue weighted by Gasteiger charge is -2.16. The average Bonchev–Trinajstić information content (AvgIpc) is 2.28. The highest BCUT2D eigenvalue weighted by Gasteiger charge is 2.07. The quantitative estimate of drug-likeness (QED) is 0.718. The summed E-state index contributed by atoms with van der Waals surface area (Å²) in [7, 11) is 0. The lowest BCUT2D eigenvalue weighted by Crippen LogP contribution is -2.16. The highest BCUT2D eigenvalue weighted by Crippen LogP contribution is 2.14. The van der Waals surface area contributed by atoms with E-state index >= 15 is 0 Å². The van der Waals surface area contributed by atoms with Crippen molar-refractivity contribution in [3.8, 4) is 5.88 Å². The van der Waals surface area contributed by atoms with E-state index in [0.29, 0.717) is 5.92 Å². The van der Waals surface area contributed by atoms with Crippen molar-refractivity contribution in [2.24, 2.45) is 5.92 Å². The lowest BCUT2D eigenvalue weighted by molar-refractivity contribution is 0.185. The Labute approximate surface area is 111 Å². The van der Waals surface area contributed by atoms with Crippen LogP contribution < -0.4 is 10.1 Å². The zero-order valence-electron chi connectivity index (χ0n) is 12.1. The summed E-state index contributed by atoms with van der Waals surface area (Å²) in [6.07, 6.45) is 4.25. The molecule has 0 bridgehead atoms. The normalized spacial score (nSPS) is 12.7. The van der Waals surface area contributed by atoms with Crippen molar-refractivity contribution in [1.29, 1.82) is 0 Å². The molecule has 0 aliphatic heterocycles. The van der Waals surface area contributed by atoms with Crippen molar-refractivity contribution in [3.05, 3.63) is 23.9 Å². The Hall–Kier alpha value is -1.09. The first kappa shape index (κ1) is 15.0. The number of nitrogens with zero attached hydrogens (tertiary/aromatic N) is 1. The molecule has 1 N–H and O–H groups in total. The second kappa shape index (κ2) is 8.09. The minimum Gasteiger partial charge on any atom is -0.475 e. The third-order valence-electron chi connectivity index (χ3n) is 2.68. The monoisotopic (exact) mass is 250 g/mol. The van der Waals surface area contributed by atoms with Crippen molar-refractivity contribution in [2.45, 2.75) is 53.2 Å². The minimum absolute atomic E-state index is 0.219. The fourth-order valence-electron chi connectivity index (χ4n) is 1.95. The maximum absolute atomic E-state index is 5.83. The number of nitrogens with one attached hydrogen (secondary N) is 1. The fourth-order valence-corrected chi connectivity index (χ4v) is 1.95. The zero-order valence-corrected chi connectivity index (χ0v) is 12.1. The molecular weight excluding hydrogens is 224 g/mol. The van der Waals surface area contributed by atoms with Crippen molar-refractivity contribution in [1.82, 2.24) is 10.3 Å². The van der Waals surface area contributed by atoms with Gasteiger partial charge in [0.2, 0.25) is 5.88 Å². The van der Waals surface area contributed by atoms with E-state index in [1.165, 1.54) is 5.56 Å². The van der Waals surface area contributed by atoms with Crippen LogP contribution in [0.1, 0.15) is 46.1 Å². The van der Waals surface area contributed by atoms with Crippen LogP contribution in [0.15, 0.2) is 18.3 Å². The summed E-state index contributed by atoms with van der Waals surface area (Å²) in [6, 6.07) is 4.06. The van der Waals surface area contributed by atoms with Gasteiger partial charge >= 0.3 is 0 Å². The molecule has 0 saturated carbocycles. The van der Waals surface area contributed by atoms with Crippen molar-refractivity contribution in [2.75, 3.05) is 6.54 Å². The molecule has 1 aromatic rings. The molecule has 3 nitrogen and oxygen atoms in total. The standard InChI is InChI=1S/C15H26N2O/c1-5-7-16-11-14-6-8-17-15(10-14)18-13(4)9-12(2)3/h6,8,10,12-13,16H,5,7,9,11H2,1-4H3. The number of aromatic nitrogens is 1. The molecule has 0 aromatic carbocycles. The Morgan fingerprint density at radius 2 is 2.11 bits per heavy atom. The van der Waals surface area contributed by atoms with Crippen LogP contribution in [0, 0.1) is 5.92 Å². The first-order chi connectivity index (χ1) is 8.61. The zero-order chi connectivity index (χ0) is 13.4. The summed E-state index contributed by atoms with van der Waals surface area (Å²) in [4.78, 5) is 4.26. The van der Waals surface area contributed by atoms with Crippen LogP contribution >= 0.6 is 0 Å². The largest absolute Gasteiger partial charge is 0.475 e. The molecule has 1 aromatic heterocycles. The molecule has 0 amide bonds. The molecule has 0 radical (unpaired) electrons. The summed E-state index contributed by atoms with van der Waals surface area (Å²) in [6.45, 7) is 10.6. The van der Waals surface area contributed by atoms with Crippen molar-refractivity contribution in [3.63, 3.8) is 0 Å². The molecule has 0 aliphatic carbocycles. The third kappa shape index (κ3) is 6.01. The second-order valence-electron chi connectivity index (χ2n) is 5.24. The highest BCUT2D eigenvalue weighted by molar-refractivity contribution is 5.20. The van der Waals surface area contributed by atoms with Crippen LogP contribution in [-0.4, -0.2) is 17.6 Å². The van der Waals surface area contributed by atoms with E-state index in [2.05, 4.69) is 38.0 Å².